The summed E-state index contributed by atoms with van der Waals surface area (Å²) in [5.74, 6) is 0.121. The summed E-state index contributed by atoms with van der Waals surface area (Å²) in [5.41, 5.74) is 4.35. The van der Waals surface area contributed by atoms with Crippen LogP contribution in [0.25, 0.3) is 6.08 Å². The highest BCUT2D eigenvalue weighted by Gasteiger charge is 2.24. The predicted octanol–water partition coefficient (Wildman–Crippen LogP) is 5.30. The van der Waals surface area contributed by atoms with Crippen LogP contribution >= 0.6 is 11.8 Å². The van der Waals surface area contributed by atoms with E-state index in [0.29, 0.717) is 0 Å². The predicted molar refractivity (Wildman–Crippen MR) is 101 cm³/mol. The Kier molecular flexibility index (Phi) is 3.87. The molecule has 2 heterocycles. The number of hydrogen-bond acceptors (Lipinski definition) is 3. The maximum absolute atomic E-state index is 12.5. The number of fused-ring (bicyclic) bond motifs is 2. The number of nitrogens with zero attached hydrogens (tertiary/aromatic N) is 1. The normalized spacial score (nSPS) is 19.0. The highest BCUT2D eigenvalue weighted by Crippen LogP contribution is 2.40. The molecule has 0 atom stereocenters. The van der Waals surface area contributed by atoms with Crippen LogP contribution in [0.3, 0.4) is 0 Å². The second-order valence-corrected chi connectivity index (χ2v) is 6.77. The summed E-state index contributed by atoms with van der Waals surface area (Å²) in [6, 6.07) is 16.2. The molecule has 0 spiro atoms. The van der Waals surface area contributed by atoms with Crippen LogP contribution in [0.4, 0.5) is 5.69 Å². The number of rotatable bonds is 2. The Morgan fingerprint density at radius 2 is 1.79 bits per heavy atom. The third-order valence-electron chi connectivity index (χ3n) is 4.27. The van der Waals surface area contributed by atoms with Gasteiger partial charge in [0.25, 0.3) is 0 Å². The van der Waals surface area contributed by atoms with Crippen LogP contribution in [0.15, 0.2) is 82.3 Å². The summed E-state index contributed by atoms with van der Waals surface area (Å²) in [6.45, 7) is 3.03. The number of ketones is 1. The number of benzene rings is 2. The zero-order valence-corrected chi connectivity index (χ0v) is 14.2. The monoisotopic (exact) mass is 331 g/mol. The quantitative estimate of drug-likeness (QED) is 0.697. The van der Waals surface area contributed by atoms with Crippen LogP contribution in [0.5, 0.6) is 0 Å². The van der Waals surface area contributed by atoms with Crippen LogP contribution in [0.1, 0.15) is 22.8 Å². The van der Waals surface area contributed by atoms with E-state index in [-0.39, 0.29) is 5.78 Å². The number of para-hydroxylation sites is 1. The van der Waals surface area contributed by atoms with Crippen molar-refractivity contribution in [3.8, 4) is 0 Å². The first-order valence-corrected chi connectivity index (χ1v) is 8.88. The van der Waals surface area contributed by atoms with Crippen molar-refractivity contribution in [1.82, 2.24) is 0 Å². The van der Waals surface area contributed by atoms with Crippen molar-refractivity contribution in [3.05, 3.63) is 88.5 Å². The summed E-state index contributed by atoms with van der Waals surface area (Å²) >= 11 is 1.55. The summed E-state index contributed by atoms with van der Waals surface area (Å²) in [4.78, 5) is 16.6. The summed E-state index contributed by atoms with van der Waals surface area (Å²) in [6.07, 6.45) is 8.23. The van der Waals surface area contributed by atoms with Gasteiger partial charge in [-0.3, -0.25) is 4.79 Å². The van der Waals surface area contributed by atoms with Crippen LogP contribution in [-0.2, 0) is 0 Å². The van der Waals surface area contributed by atoms with Gasteiger partial charge in [0.1, 0.15) is 0 Å². The largest absolute Gasteiger partial charge is 0.341 e. The Bertz CT molecular complexity index is 908. The van der Waals surface area contributed by atoms with Crippen LogP contribution < -0.4 is 4.90 Å². The number of anilines is 1. The Balaban J connectivity index is 1.67. The molecule has 0 amide bonds. The number of carbonyl (C=O) groups excluding carboxylic acids is 1. The topological polar surface area (TPSA) is 20.3 Å². The van der Waals surface area contributed by atoms with Gasteiger partial charge in [0, 0.05) is 28.4 Å². The third kappa shape index (κ3) is 2.51. The molecule has 24 heavy (non-hydrogen) atoms. The minimum absolute atomic E-state index is 0.121. The number of hydrogen-bond donors (Lipinski definition) is 0. The third-order valence-corrected chi connectivity index (χ3v) is 5.39. The molecule has 0 radical (unpaired) electrons. The average molecular weight is 331 g/mol. The first kappa shape index (κ1) is 15.0. The van der Waals surface area contributed by atoms with E-state index in [9.17, 15) is 4.79 Å². The van der Waals surface area contributed by atoms with E-state index < -0.39 is 0 Å². The molecule has 3 heteroatoms. The van der Waals surface area contributed by atoms with E-state index in [1.165, 1.54) is 11.3 Å². The molecule has 0 aliphatic carbocycles. The molecule has 0 aromatic heterocycles. The van der Waals surface area contributed by atoms with Gasteiger partial charge >= 0.3 is 0 Å². The zero-order valence-electron chi connectivity index (χ0n) is 13.4. The van der Waals surface area contributed by atoms with Crippen molar-refractivity contribution in [3.63, 3.8) is 0 Å². The van der Waals surface area contributed by atoms with E-state index in [0.717, 1.165) is 27.6 Å². The van der Waals surface area contributed by atoms with E-state index >= 15 is 0 Å². The number of likely N-dealkylation sites (N-methyl/N-ethyl adjacent to an activating group) is 1. The minimum atomic E-state index is 0.121. The van der Waals surface area contributed by atoms with Gasteiger partial charge in [-0.1, -0.05) is 48.2 Å². The lowest BCUT2D eigenvalue weighted by atomic mass is 10.1. The lowest BCUT2D eigenvalue weighted by Gasteiger charge is -2.29. The maximum atomic E-state index is 12.5. The highest BCUT2D eigenvalue weighted by atomic mass is 32.2. The van der Waals surface area contributed by atoms with Crippen molar-refractivity contribution < 1.29 is 4.79 Å². The first-order valence-electron chi connectivity index (χ1n) is 8.06. The van der Waals surface area contributed by atoms with Gasteiger partial charge in [0.05, 0.1) is 4.91 Å². The van der Waals surface area contributed by atoms with Gasteiger partial charge in [-0.05, 0) is 48.9 Å². The molecule has 0 fully saturated rings. The Labute approximate surface area is 146 Å². The van der Waals surface area contributed by atoms with Crippen molar-refractivity contribution in [2.45, 2.75) is 11.8 Å². The second-order valence-electron chi connectivity index (χ2n) is 5.69. The molecule has 2 aromatic carbocycles. The van der Waals surface area contributed by atoms with Gasteiger partial charge in [-0.25, -0.2) is 0 Å². The summed E-state index contributed by atoms with van der Waals surface area (Å²) < 4.78 is 0. The van der Waals surface area contributed by atoms with Crippen molar-refractivity contribution in [2.75, 3.05) is 11.4 Å². The zero-order chi connectivity index (χ0) is 16.5. The average Bonchev–Trinajstić information content (AvgIpc) is 2.95. The maximum Gasteiger partial charge on any atom is 0.200 e. The van der Waals surface area contributed by atoms with Gasteiger partial charge in [-0.15, -0.1) is 0 Å². The number of Topliss-reactive ketones (excluding diaryl/α,β-unsaturated/α-hetero) is 1. The van der Waals surface area contributed by atoms with E-state index in [1.807, 2.05) is 36.4 Å². The van der Waals surface area contributed by atoms with Crippen LogP contribution in [-0.4, -0.2) is 12.3 Å². The Morgan fingerprint density at radius 3 is 2.62 bits per heavy atom. The smallest absolute Gasteiger partial charge is 0.200 e. The summed E-state index contributed by atoms with van der Waals surface area (Å²) in [5, 5.41) is 0. The van der Waals surface area contributed by atoms with E-state index in [1.54, 1.807) is 11.8 Å². The van der Waals surface area contributed by atoms with Crippen LogP contribution in [0.2, 0.25) is 0 Å². The lowest BCUT2D eigenvalue weighted by molar-refractivity contribution is 0.104. The molecule has 2 nitrogen and oxygen atoms in total. The lowest BCUT2D eigenvalue weighted by Crippen LogP contribution is -2.23. The number of thioether (sulfide) groups is 1. The standard InChI is InChI=1S/C21H17NOS/c1-2-22-16(12-11-15-7-3-5-9-18(15)22)13-14-20-21(23)17-8-4-6-10-19(17)24-20/h3-14H,2H2,1H3. The van der Waals surface area contributed by atoms with Crippen molar-refractivity contribution in [2.24, 2.45) is 0 Å². The molecule has 0 saturated carbocycles. The fraction of sp³-hybridized carbons (Fsp3) is 0.0952. The molecule has 0 saturated heterocycles. The molecule has 4 rings (SSSR count). The Hall–Kier alpha value is -2.52. The SMILES string of the molecule is CCN1C(=CC=C2Sc3ccccc3C2=O)C=Cc2ccccc21. The molecular weight excluding hydrogens is 314 g/mol. The van der Waals surface area contributed by atoms with Gasteiger partial charge < -0.3 is 4.90 Å². The van der Waals surface area contributed by atoms with Crippen molar-refractivity contribution >= 4 is 29.3 Å². The Morgan fingerprint density at radius 1 is 1.00 bits per heavy atom. The summed E-state index contributed by atoms with van der Waals surface area (Å²) in [7, 11) is 0. The molecular formula is C21H17NOS. The van der Waals surface area contributed by atoms with E-state index in [4.69, 9.17) is 0 Å². The van der Waals surface area contributed by atoms with Crippen molar-refractivity contribution in [1.29, 1.82) is 0 Å². The fourth-order valence-electron chi connectivity index (χ4n) is 3.09. The molecule has 2 aliphatic heterocycles. The van der Waals surface area contributed by atoms with Gasteiger partial charge in [0.15, 0.2) is 0 Å². The van der Waals surface area contributed by atoms with Gasteiger partial charge in [0.2, 0.25) is 5.78 Å². The second kappa shape index (κ2) is 6.17. The molecule has 118 valence electrons. The van der Waals surface area contributed by atoms with E-state index in [2.05, 4.69) is 48.2 Å². The van der Waals surface area contributed by atoms with Gasteiger partial charge in [-0.2, -0.15) is 0 Å². The first-order chi connectivity index (χ1) is 11.8. The molecule has 0 N–H and O–H groups in total. The van der Waals surface area contributed by atoms with Crippen LogP contribution in [0, 0.1) is 0 Å². The fourth-order valence-corrected chi connectivity index (χ4v) is 4.08. The minimum Gasteiger partial charge on any atom is -0.341 e. The molecule has 0 bridgehead atoms. The number of carbonyl (C=O) groups is 1. The number of allylic oxidation sites excluding steroid dienone is 4. The molecule has 2 aliphatic rings. The highest BCUT2D eigenvalue weighted by molar-refractivity contribution is 8.04. The molecule has 2 aromatic rings. The molecule has 0 unspecified atom stereocenters.